The summed E-state index contributed by atoms with van der Waals surface area (Å²) in [4.78, 5) is 2.58. The molecule has 0 aromatic heterocycles. The molecule has 0 saturated carbocycles. The van der Waals surface area contributed by atoms with E-state index >= 15 is 0 Å². The van der Waals surface area contributed by atoms with Gasteiger partial charge in [0, 0.05) is 34.2 Å². The second-order valence-electron chi connectivity index (χ2n) is 15.9. The number of fused-ring (bicyclic) bond motifs is 4. The largest absolute Gasteiger partial charge is 0.309 e. The quantitative estimate of drug-likeness (QED) is 0.149. The molecule has 2 aliphatic rings. The Morgan fingerprint density at radius 2 is 0.950 bits per heavy atom. The fraction of sp³-hybridized carbons (Fsp3) is 0.0508. The number of hydrogen-bond donors (Lipinski definition) is 0. The summed E-state index contributed by atoms with van der Waals surface area (Å²) >= 11 is 0. The summed E-state index contributed by atoms with van der Waals surface area (Å²) in [5, 5.41) is 2.43. The van der Waals surface area contributed by atoms with E-state index in [0.29, 0.717) is 0 Å². The van der Waals surface area contributed by atoms with Gasteiger partial charge in [-0.3, -0.25) is 0 Å². The number of anilines is 3. The lowest BCUT2D eigenvalue weighted by molar-refractivity contribution is 0.457. The first-order valence-electron chi connectivity index (χ1n) is 21.0. The van der Waals surface area contributed by atoms with E-state index in [1.165, 1.54) is 66.4 Å². The van der Waals surface area contributed by atoms with Crippen molar-refractivity contribution in [2.45, 2.75) is 11.3 Å². The number of para-hydroxylation sites is 1. The van der Waals surface area contributed by atoms with E-state index in [1.807, 2.05) is 0 Å². The lowest BCUT2D eigenvalue weighted by Gasteiger charge is -2.39. The third kappa shape index (κ3) is 5.77. The van der Waals surface area contributed by atoms with Gasteiger partial charge in [0.15, 0.2) is 0 Å². The molecule has 0 saturated heterocycles. The average molecular weight is 766 g/mol. The predicted molar refractivity (Wildman–Crippen MR) is 252 cm³/mol. The van der Waals surface area contributed by atoms with Crippen LogP contribution in [0.2, 0.25) is 0 Å². The number of nitrogens with zero attached hydrogens (tertiary/aromatic N) is 1. The number of hydrogen-bond acceptors (Lipinski definition) is 1. The molecular weight excluding hydrogens is 723 g/mol. The molecule has 9 aromatic rings. The van der Waals surface area contributed by atoms with E-state index in [4.69, 9.17) is 0 Å². The Kier molecular flexibility index (Phi) is 8.94. The summed E-state index contributed by atoms with van der Waals surface area (Å²) in [5.74, 6) is 0.424. The summed E-state index contributed by atoms with van der Waals surface area (Å²) in [5.41, 5.74) is 15.3. The molecular formula is C59H43N. The maximum atomic E-state index is 2.58. The molecule has 0 heterocycles. The van der Waals surface area contributed by atoms with E-state index in [0.717, 1.165) is 17.1 Å². The first kappa shape index (κ1) is 35.7. The molecule has 2 atom stereocenters. The van der Waals surface area contributed by atoms with E-state index in [-0.39, 0.29) is 11.8 Å². The fourth-order valence-electron chi connectivity index (χ4n) is 10.3. The zero-order valence-corrected chi connectivity index (χ0v) is 33.3. The summed E-state index contributed by atoms with van der Waals surface area (Å²) in [7, 11) is 0. The van der Waals surface area contributed by atoms with Crippen LogP contribution in [0.25, 0.3) is 44.2 Å². The van der Waals surface area contributed by atoms with Crippen molar-refractivity contribution in [2.75, 3.05) is 4.90 Å². The highest BCUT2D eigenvalue weighted by Gasteiger charge is 2.53. The Hall–Kier alpha value is -7.48. The number of benzene rings is 9. The van der Waals surface area contributed by atoms with Crippen molar-refractivity contribution >= 4 is 27.8 Å². The molecule has 11 rings (SSSR count). The molecule has 0 bridgehead atoms. The highest BCUT2D eigenvalue weighted by molar-refractivity contribution is 6.08. The fourth-order valence-corrected chi connectivity index (χ4v) is 10.3. The van der Waals surface area contributed by atoms with Crippen LogP contribution in [0.3, 0.4) is 0 Å². The lowest BCUT2D eigenvalue weighted by Crippen LogP contribution is -2.35. The van der Waals surface area contributed by atoms with Crippen LogP contribution in [0, 0.1) is 5.92 Å². The van der Waals surface area contributed by atoms with Crippen LogP contribution in [0.15, 0.2) is 249 Å². The van der Waals surface area contributed by atoms with Gasteiger partial charge in [-0.05, 0) is 67.9 Å². The van der Waals surface area contributed by atoms with Gasteiger partial charge in [-0.2, -0.15) is 0 Å². The van der Waals surface area contributed by atoms with Crippen molar-refractivity contribution in [1.82, 2.24) is 0 Å². The zero-order valence-electron chi connectivity index (χ0n) is 33.3. The highest BCUT2D eigenvalue weighted by Crippen LogP contribution is 2.61. The van der Waals surface area contributed by atoms with Crippen LogP contribution >= 0.6 is 0 Å². The summed E-state index contributed by atoms with van der Waals surface area (Å²) in [6.45, 7) is 0. The molecule has 0 amide bonds. The molecule has 0 radical (unpaired) electrons. The molecule has 1 heteroatoms. The van der Waals surface area contributed by atoms with E-state index in [1.54, 1.807) is 0 Å². The van der Waals surface area contributed by atoms with Gasteiger partial charge in [-0.1, -0.05) is 231 Å². The van der Waals surface area contributed by atoms with Gasteiger partial charge < -0.3 is 4.90 Å². The maximum absolute atomic E-state index is 2.58. The number of allylic oxidation sites excluding steroid dienone is 4. The molecule has 0 fully saturated rings. The average Bonchev–Trinajstić information content (AvgIpc) is 3.63. The minimum atomic E-state index is -0.432. The third-order valence-electron chi connectivity index (χ3n) is 12.8. The predicted octanol–water partition coefficient (Wildman–Crippen LogP) is 15.5. The van der Waals surface area contributed by atoms with Gasteiger partial charge in [0.2, 0.25) is 0 Å². The van der Waals surface area contributed by atoms with Gasteiger partial charge in [0.05, 0.1) is 16.8 Å². The molecule has 2 unspecified atom stereocenters. The van der Waals surface area contributed by atoms with Gasteiger partial charge in [-0.15, -0.1) is 0 Å². The first-order chi connectivity index (χ1) is 29.8. The normalized spacial score (nSPS) is 16.0. The second-order valence-corrected chi connectivity index (χ2v) is 15.9. The van der Waals surface area contributed by atoms with Crippen molar-refractivity contribution in [2.24, 2.45) is 5.92 Å². The van der Waals surface area contributed by atoms with Gasteiger partial charge in [0.25, 0.3) is 0 Å². The van der Waals surface area contributed by atoms with E-state index in [2.05, 4.69) is 254 Å². The van der Waals surface area contributed by atoms with Crippen LogP contribution < -0.4 is 4.90 Å². The Balaban J connectivity index is 1.29. The Bertz CT molecular complexity index is 2920. The Labute approximate surface area is 352 Å². The third-order valence-corrected chi connectivity index (χ3v) is 12.8. The highest BCUT2D eigenvalue weighted by atomic mass is 15.2. The van der Waals surface area contributed by atoms with Crippen molar-refractivity contribution in [1.29, 1.82) is 0 Å². The molecule has 1 nitrogen and oxygen atoms in total. The van der Waals surface area contributed by atoms with Gasteiger partial charge >= 0.3 is 0 Å². The minimum Gasteiger partial charge on any atom is -0.309 e. The van der Waals surface area contributed by atoms with Crippen LogP contribution in [0.5, 0.6) is 0 Å². The topological polar surface area (TPSA) is 3.24 Å². The van der Waals surface area contributed by atoms with Gasteiger partial charge in [-0.25, -0.2) is 0 Å². The summed E-state index contributed by atoms with van der Waals surface area (Å²) in [6.07, 6.45) is 9.37. The van der Waals surface area contributed by atoms with Crippen LogP contribution in [0.4, 0.5) is 17.1 Å². The summed E-state index contributed by atoms with van der Waals surface area (Å²) < 4.78 is 0. The zero-order chi connectivity index (χ0) is 39.9. The maximum Gasteiger partial charge on any atom is 0.0618 e. The molecule has 0 aliphatic heterocycles. The molecule has 0 N–H and O–H groups in total. The summed E-state index contributed by atoms with van der Waals surface area (Å²) in [6, 6.07) is 82.8. The molecule has 2 aliphatic carbocycles. The van der Waals surface area contributed by atoms with Crippen LogP contribution in [-0.4, -0.2) is 0 Å². The van der Waals surface area contributed by atoms with Crippen molar-refractivity contribution < 1.29 is 0 Å². The molecule has 9 aromatic carbocycles. The lowest BCUT2D eigenvalue weighted by atomic mass is 9.63. The second kappa shape index (κ2) is 15.0. The monoisotopic (exact) mass is 765 g/mol. The first-order valence-corrected chi connectivity index (χ1v) is 21.0. The molecule has 284 valence electrons. The van der Waals surface area contributed by atoms with E-state index in [9.17, 15) is 0 Å². The standard InChI is InChI=1S/C59H43N/c1-6-21-42(22-7-1)50-34-20-35-51(43-23-8-2-9-24-43)58(50)60(56-40-37-44-25-16-17-32-49(44)57(56)45-26-10-3-11-27-45)48-38-39-53-52-33-18-19-36-54(52)59(55(53)41-48,46-28-12-4-13-29-46)47-30-14-5-15-31-47/h1-41,52,54H. The molecule has 60 heavy (non-hydrogen) atoms. The van der Waals surface area contributed by atoms with Gasteiger partial charge in [0.1, 0.15) is 0 Å². The minimum absolute atomic E-state index is 0.197. The van der Waals surface area contributed by atoms with Crippen molar-refractivity contribution in [3.05, 3.63) is 271 Å². The Morgan fingerprint density at radius 3 is 1.57 bits per heavy atom. The van der Waals surface area contributed by atoms with Crippen LogP contribution in [-0.2, 0) is 5.41 Å². The smallest absolute Gasteiger partial charge is 0.0618 e. The number of rotatable bonds is 8. The van der Waals surface area contributed by atoms with Crippen molar-refractivity contribution in [3.63, 3.8) is 0 Å². The molecule has 0 spiro atoms. The SMILES string of the molecule is C1=CC2c3ccc(N(c4ccc5ccccc5c4-c4ccccc4)c4c(-c5ccccc5)cccc4-c4ccccc4)cc3C(c3ccccc3)(c3ccccc3)C2C=C1. The van der Waals surface area contributed by atoms with E-state index < -0.39 is 5.41 Å². The van der Waals surface area contributed by atoms with Crippen molar-refractivity contribution in [3.8, 4) is 33.4 Å². The Morgan fingerprint density at radius 1 is 0.417 bits per heavy atom. The van der Waals surface area contributed by atoms with Crippen LogP contribution in [0.1, 0.15) is 28.2 Å².